The number of thioether (sulfide) groups is 1. The van der Waals surface area contributed by atoms with Gasteiger partial charge in [-0.25, -0.2) is 9.78 Å². The molecule has 0 amide bonds. The molecule has 1 atom stereocenters. The summed E-state index contributed by atoms with van der Waals surface area (Å²) in [5.41, 5.74) is 2.16. The van der Waals surface area contributed by atoms with E-state index in [4.69, 9.17) is 4.74 Å². The highest BCUT2D eigenvalue weighted by atomic mass is 32.2. The van der Waals surface area contributed by atoms with Crippen molar-refractivity contribution in [3.63, 3.8) is 0 Å². The first kappa shape index (κ1) is 24.2. The molecule has 0 aliphatic carbocycles. The predicted molar refractivity (Wildman–Crippen MR) is 133 cm³/mol. The van der Waals surface area contributed by atoms with Crippen LogP contribution in [0.1, 0.15) is 43.4 Å². The predicted octanol–water partition coefficient (Wildman–Crippen LogP) is 4.75. The highest BCUT2D eigenvalue weighted by molar-refractivity contribution is 7.98. The van der Waals surface area contributed by atoms with Crippen molar-refractivity contribution in [3.8, 4) is 0 Å². The fraction of sp³-hybridized carbons (Fsp3) is 0.240. The molecule has 1 aromatic heterocycles. The molecular formula is C25H24N4O5S. The molecule has 2 N–H and O–H groups in total. The molecule has 0 spiro atoms. The minimum absolute atomic E-state index is 0.0883. The topological polar surface area (TPSA) is 127 Å². The molecule has 0 saturated heterocycles. The second-order valence-electron chi connectivity index (χ2n) is 8.31. The van der Waals surface area contributed by atoms with Gasteiger partial charge >= 0.3 is 5.97 Å². The number of hydrogen-bond donors (Lipinski definition) is 2. The van der Waals surface area contributed by atoms with Gasteiger partial charge in [0.15, 0.2) is 5.16 Å². The van der Waals surface area contributed by atoms with E-state index in [0.717, 1.165) is 5.56 Å². The summed E-state index contributed by atoms with van der Waals surface area (Å²) in [6.07, 6.45) is -0.366. The van der Waals surface area contributed by atoms with Crippen molar-refractivity contribution in [2.24, 2.45) is 0 Å². The number of nitrogens with zero attached hydrogens (tertiary/aromatic N) is 2. The standard InChI is InChI=1S/C25H24N4O5S/c1-14(2)34-24(31)19-15(3)26-22-21(20(19)17-9-11-18(12-10-17)29(32)33)23(30)28-25(27-22)35-13-16-7-5-4-6-8-16/h4-12,14,20H,13H2,1-3H3,(H2,26,27,28,30). The number of carbonyl (C=O) groups excluding carboxylic acids is 1. The molecule has 180 valence electrons. The summed E-state index contributed by atoms with van der Waals surface area (Å²) in [7, 11) is 0. The van der Waals surface area contributed by atoms with Crippen LogP contribution in [0.3, 0.4) is 0 Å². The number of nitro groups is 1. The SMILES string of the molecule is CC1=C(C(=O)OC(C)C)C(c2ccc([N+](=O)[O-])cc2)c2c(nc(SCc3ccccc3)[nH]c2=O)N1. The summed E-state index contributed by atoms with van der Waals surface area (Å²) < 4.78 is 5.46. The molecule has 9 nitrogen and oxygen atoms in total. The average Bonchev–Trinajstić information content (AvgIpc) is 2.82. The summed E-state index contributed by atoms with van der Waals surface area (Å²) in [6, 6.07) is 15.6. The summed E-state index contributed by atoms with van der Waals surface area (Å²) in [5, 5.41) is 14.7. The van der Waals surface area contributed by atoms with E-state index in [9.17, 15) is 19.7 Å². The van der Waals surface area contributed by atoms with Crippen LogP contribution in [-0.4, -0.2) is 27.0 Å². The number of nitrogens with one attached hydrogen (secondary N) is 2. The molecule has 35 heavy (non-hydrogen) atoms. The van der Waals surface area contributed by atoms with Crippen LogP contribution >= 0.6 is 11.8 Å². The van der Waals surface area contributed by atoms with Crippen LogP contribution in [-0.2, 0) is 15.3 Å². The van der Waals surface area contributed by atoms with Crippen LogP contribution in [0.5, 0.6) is 0 Å². The quantitative estimate of drug-likeness (QED) is 0.159. The number of hydrogen-bond acceptors (Lipinski definition) is 8. The normalized spacial score (nSPS) is 14.9. The molecule has 2 aromatic carbocycles. The van der Waals surface area contributed by atoms with Crippen molar-refractivity contribution in [1.82, 2.24) is 9.97 Å². The zero-order chi connectivity index (χ0) is 25.1. The summed E-state index contributed by atoms with van der Waals surface area (Å²) >= 11 is 1.39. The number of non-ortho nitro benzene ring substituents is 1. The van der Waals surface area contributed by atoms with E-state index < -0.39 is 22.4 Å². The molecule has 0 bridgehead atoms. The minimum atomic E-state index is -0.803. The first-order valence-corrected chi connectivity index (χ1v) is 12.0. The summed E-state index contributed by atoms with van der Waals surface area (Å²) in [4.78, 5) is 44.5. The van der Waals surface area contributed by atoms with Gasteiger partial charge in [-0.15, -0.1) is 0 Å². The number of aromatic amines is 1. The number of carbonyl (C=O) groups is 1. The number of H-pyrrole nitrogens is 1. The van der Waals surface area contributed by atoms with Gasteiger partial charge in [0.1, 0.15) is 5.82 Å². The highest BCUT2D eigenvalue weighted by Crippen LogP contribution is 2.40. The largest absolute Gasteiger partial charge is 0.460 e. The highest BCUT2D eigenvalue weighted by Gasteiger charge is 2.37. The summed E-state index contributed by atoms with van der Waals surface area (Å²) in [6.45, 7) is 5.20. The number of aromatic nitrogens is 2. The van der Waals surface area contributed by atoms with Gasteiger partial charge in [-0.05, 0) is 31.9 Å². The third kappa shape index (κ3) is 5.27. The van der Waals surface area contributed by atoms with Gasteiger partial charge in [0, 0.05) is 23.6 Å². The lowest BCUT2D eigenvalue weighted by molar-refractivity contribution is -0.384. The Labute approximate surface area is 205 Å². The Morgan fingerprint density at radius 1 is 1.17 bits per heavy atom. The molecule has 1 aliphatic rings. The third-order valence-corrected chi connectivity index (χ3v) is 6.38. The summed E-state index contributed by atoms with van der Waals surface area (Å²) in [5.74, 6) is -0.412. The van der Waals surface area contributed by atoms with Crippen LogP contribution in [0.4, 0.5) is 11.5 Å². The van der Waals surface area contributed by atoms with E-state index in [1.165, 1.54) is 23.9 Å². The second-order valence-corrected chi connectivity index (χ2v) is 9.27. The molecule has 4 rings (SSSR count). The Hall–Kier alpha value is -3.92. The Bertz CT molecular complexity index is 1350. The van der Waals surface area contributed by atoms with Gasteiger partial charge < -0.3 is 15.0 Å². The van der Waals surface area contributed by atoms with Gasteiger partial charge in [0.25, 0.3) is 11.2 Å². The van der Waals surface area contributed by atoms with Gasteiger partial charge in [-0.3, -0.25) is 14.9 Å². The second kappa shape index (κ2) is 10.1. The van der Waals surface area contributed by atoms with Crippen LogP contribution in [0.2, 0.25) is 0 Å². The zero-order valence-electron chi connectivity index (χ0n) is 19.4. The van der Waals surface area contributed by atoms with Crippen molar-refractivity contribution in [3.05, 3.63) is 103 Å². The van der Waals surface area contributed by atoms with E-state index in [2.05, 4.69) is 15.3 Å². The van der Waals surface area contributed by atoms with Crippen molar-refractivity contribution in [2.75, 3.05) is 5.32 Å². The smallest absolute Gasteiger partial charge is 0.337 e. The molecule has 2 heterocycles. The molecule has 3 aromatic rings. The van der Waals surface area contributed by atoms with Crippen molar-refractivity contribution in [2.45, 2.75) is 43.7 Å². The first-order chi connectivity index (χ1) is 16.7. The number of benzene rings is 2. The molecule has 0 fully saturated rings. The number of fused-ring (bicyclic) bond motifs is 1. The zero-order valence-corrected chi connectivity index (χ0v) is 20.2. The fourth-order valence-corrected chi connectivity index (χ4v) is 4.71. The minimum Gasteiger partial charge on any atom is -0.460 e. The number of ether oxygens (including phenoxy) is 1. The van der Waals surface area contributed by atoms with E-state index in [0.29, 0.717) is 28.0 Å². The van der Waals surface area contributed by atoms with Gasteiger partial charge in [-0.1, -0.05) is 54.2 Å². The molecule has 0 saturated carbocycles. The number of anilines is 1. The van der Waals surface area contributed by atoms with Crippen molar-refractivity contribution in [1.29, 1.82) is 0 Å². The molecular weight excluding hydrogens is 468 g/mol. The van der Waals surface area contributed by atoms with E-state index >= 15 is 0 Å². The monoisotopic (exact) mass is 492 g/mol. The van der Waals surface area contributed by atoms with Gasteiger partial charge in [0.2, 0.25) is 0 Å². The van der Waals surface area contributed by atoms with Crippen LogP contribution in [0.25, 0.3) is 0 Å². The van der Waals surface area contributed by atoms with Crippen molar-refractivity contribution >= 4 is 29.2 Å². The number of allylic oxidation sites excluding steroid dienone is 1. The number of nitro benzene ring substituents is 1. The Morgan fingerprint density at radius 3 is 2.49 bits per heavy atom. The maximum absolute atomic E-state index is 13.3. The molecule has 1 aliphatic heterocycles. The lowest BCUT2D eigenvalue weighted by Gasteiger charge is -2.29. The Morgan fingerprint density at radius 2 is 1.86 bits per heavy atom. The molecule has 0 radical (unpaired) electrons. The lowest BCUT2D eigenvalue weighted by Crippen LogP contribution is -2.31. The van der Waals surface area contributed by atoms with E-state index in [-0.39, 0.29) is 22.9 Å². The third-order valence-electron chi connectivity index (χ3n) is 5.44. The fourth-order valence-electron chi connectivity index (χ4n) is 3.90. The first-order valence-electron chi connectivity index (χ1n) is 11.0. The van der Waals surface area contributed by atoms with E-state index in [1.54, 1.807) is 32.9 Å². The average molecular weight is 493 g/mol. The van der Waals surface area contributed by atoms with Crippen LogP contribution in [0, 0.1) is 10.1 Å². The number of rotatable bonds is 7. The molecule has 1 unspecified atom stereocenters. The van der Waals surface area contributed by atoms with Gasteiger partial charge in [0.05, 0.1) is 28.1 Å². The van der Waals surface area contributed by atoms with Crippen molar-refractivity contribution < 1.29 is 14.5 Å². The van der Waals surface area contributed by atoms with Crippen LogP contribution in [0.15, 0.2) is 75.8 Å². The lowest BCUT2D eigenvalue weighted by atomic mass is 9.82. The molecule has 10 heteroatoms. The maximum Gasteiger partial charge on any atom is 0.337 e. The number of esters is 1. The van der Waals surface area contributed by atoms with Crippen LogP contribution < -0.4 is 10.9 Å². The Balaban J connectivity index is 1.77. The van der Waals surface area contributed by atoms with E-state index in [1.807, 2.05) is 30.3 Å². The maximum atomic E-state index is 13.3. The van der Waals surface area contributed by atoms with Gasteiger partial charge in [-0.2, -0.15) is 0 Å². The Kier molecular flexibility index (Phi) is 7.02.